The predicted molar refractivity (Wildman–Crippen MR) is 75.1 cm³/mol. The molecule has 2 fully saturated rings. The van der Waals surface area contributed by atoms with Crippen molar-refractivity contribution in [1.82, 2.24) is 10.2 Å². The topological polar surface area (TPSA) is 88.1 Å². The molecule has 7 heteroatoms. The van der Waals surface area contributed by atoms with E-state index >= 15 is 0 Å². The Morgan fingerprint density at radius 1 is 1.52 bits per heavy atom. The van der Waals surface area contributed by atoms with Crippen LogP contribution in [0.2, 0.25) is 0 Å². The summed E-state index contributed by atoms with van der Waals surface area (Å²) in [5.41, 5.74) is -0.405. The van der Waals surface area contributed by atoms with Crippen LogP contribution in [0.15, 0.2) is 0 Å². The summed E-state index contributed by atoms with van der Waals surface area (Å²) in [6.07, 6.45) is 2.46. The molecule has 120 valence electrons. The monoisotopic (exact) mass is 300 g/mol. The summed E-state index contributed by atoms with van der Waals surface area (Å²) < 4.78 is 10.8. The summed E-state index contributed by atoms with van der Waals surface area (Å²) in [5, 5.41) is 11.6. The highest BCUT2D eigenvalue weighted by molar-refractivity contribution is 5.74. The minimum absolute atomic E-state index is 0.101. The van der Waals surface area contributed by atoms with E-state index in [9.17, 15) is 9.59 Å². The van der Waals surface area contributed by atoms with Gasteiger partial charge in [0.15, 0.2) is 0 Å². The van der Waals surface area contributed by atoms with E-state index in [1.54, 1.807) is 12.0 Å². The van der Waals surface area contributed by atoms with Crippen molar-refractivity contribution in [1.29, 1.82) is 0 Å². The van der Waals surface area contributed by atoms with E-state index in [4.69, 9.17) is 14.6 Å². The predicted octanol–water partition coefficient (Wildman–Crippen LogP) is 0.688. The maximum Gasteiger partial charge on any atom is 0.317 e. The molecule has 0 aromatic carbocycles. The van der Waals surface area contributed by atoms with Gasteiger partial charge in [0.2, 0.25) is 0 Å². The zero-order chi connectivity index (χ0) is 15.3. The van der Waals surface area contributed by atoms with E-state index in [1.807, 2.05) is 0 Å². The number of carboxylic acids is 1. The molecule has 2 aliphatic heterocycles. The number of amides is 2. The van der Waals surface area contributed by atoms with Gasteiger partial charge in [-0.3, -0.25) is 4.79 Å². The lowest BCUT2D eigenvalue weighted by Crippen LogP contribution is -2.48. The van der Waals surface area contributed by atoms with Crippen molar-refractivity contribution in [3.63, 3.8) is 0 Å². The van der Waals surface area contributed by atoms with E-state index < -0.39 is 11.6 Å². The molecule has 2 heterocycles. The molecule has 0 saturated carbocycles. The lowest BCUT2D eigenvalue weighted by Gasteiger charge is -2.27. The van der Waals surface area contributed by atoms with Crippen LogP contribution in [0.5, 0.6) is 0 Å². The summed E-state index contributed by atoms with van der Waals surface area (Å²) >= 11 is 0. The van der Waals surface area contributed by atoms with Gasteiger partial charge in [-0.15, -0.1) is 0 Å². The normalized spacial score (nSPS) is 28.8. The summed E-state index contributed by atoms with van der Waals surface area (Å²) in [6.45, 7) is 2.93. The highest BCUT2D eigenvalue weighted by atomic mass is 16.5. The Balaban J connectivity index is 1.73. The van der Waals surface area contributed by atoms with Crippen LogP contribution < -0.4 is 5.32 Å². The number of carbonyl (C=O) groups excluding carboxylic acids is 1. The Bertz CT molecular complexity index is 382. The number of nitrogens with one attached hydrogen (secondary N) is 1. The molecule has 0 radical (unpaired) electrons. The Labute approximate surface area is 124 Å². The summed E-state index contributed by atoms with van der Waals surface area (Å²) in [4.78, 5) is 24.5. The Hall–Kier alpha value is -1.34. The van der Waals surface area contributed by atoms with Crippen molar-refractivity contribution in [2.75, 3.05) is 40.0 Å². The van der Waals surface area contributed by atoms with Gasteiger partial charge in [-0.05, 0) is 18.8 Å². The first-order valence-electron chi connectivity index (χ1n) is 7.42. The lowest BCUT2D eigenvalue weighted by molar-refractivity contribution is -0.137. The van der Waals surface area contributed by atoms with Gasteiger partial charge in [0, 0.05) is 39.6 Å². The first-order valence-corrected chi connectivity index (χ1v) is 7.42. The highest BCUT2D eigenvalue weighted by Gasteiger charge is 2.36. The summed E-state index contributed by atoms with van der Waals surface area (Å²) in [6, 6.07) is -0.101. The quantitative estimate of drug-likeness (QED) is 0.753. The zero-order valence-corrected chi connectivity index (χ0v) is 12.5. The molecular weight excluding hydrogens is 276 g/mol. The molecule has 2 rings (SSSR count). The zero-order valence-electron chi connectivity index (χ0n) is 12.5. The van der Waals surface area contributed by atoms with Gasteiger partial charge in [-0.25, -0.2) is 4.79 Å². The van der Waals surface area contributed by atoms with Crippen molar-refractivity contribution in [2.45, 2.75) is 31.3 Å². The first-order chi connectivity index (χ1) is 10.0. The number of rotatable bonds is 6. The second-order valence-electron chi connectivity index (χ2n) is 5.88. The van der Waals surface area contributed by atoms with E-state index in [0.717, 1.165) is 12.8 Å². The summed E-state index contributed by atoms with van der Waals surface area (Å²) in [5.74, 6) is -0.487. The van der Waals surface area contributed by atoms with Crippen molar-refractivity contribution < 1.29 is 24.2 Å². The number of carboxylic acid groups (broad SMARTS) is 1. The Morgan fingerprint density at radius 2 is 2.33 bits per heavy atom. The van der Waals surface area contributed by atoms with Gasteiger partial charge in [-0.1, -0.05) is 0 Å². The Kier molecular flexibility index (Phi) is 5.41. The molecule has 2 saturated heterocycles. The maximum atomic E-state index is 12.1. The lowest BCUT2D eigenvalue weighted by atomic mass is 10.0. The molecule has 0 aromatic heterocycles. The first kappa shape index (κ1) is 16.0. The number of hydrogen-bond acceptors (Lipinski definition) is 4. The standard InChI is InChI=1S/C14H24N2O5/c1-20-14(5-7-21-10-14)9-15-13(19)16-6-4-11(8-16)2-3-12(17)18/h11H,2-10H2,1H3,(H,15,19)(H,17,18). The van der Waals surface area contributed by atoms with Crippen LogP contribution in [-0.2, 0) is 14.3 Å². The second-order valence-corrected chi connectivity index (χ2v) is 5.88. The van der Waals surface area contributed by atoms with Gasteiger partial charge in [0.05, 0.1) is 13.2 Å². The maximum absolute atomic E-state index is 12.1. The average Bonchev–Trinajstić information content (AvgIpc) is 3.12. The number of nitrogens with zero attached hydrogens (tertiary/aromatic N) is 1. The molecule has 2 amide bonds. The van der Waals surface area contributed by atoms with Crippen LogP contribution in [0.1, 0.15) is 25.7 Å². The van der Waals surface area contributed by atoms with Crippen LogP contribution in [0.3, 0.4) is 0 Å². The third kappa shape index (κ3) is 4.31. The number of ether oxygens (including phenoxy) is 2. The molecule has 0 aliphatic carbocycles. The van der Waals surface area contributed by atoms with E-state index in [-0.39, 0.29) is 18.4 Å². The molecule has 0 aromatic rings. The highest BCUT2D eigenvalue weighted by Crippen LogP contribution is 2.23. The molecule has 2 atom stereocenters. The molecule has 7 nitrogen and oxygen atoms in total. The largest absolute Gasteiger partial charge is 0.481 e. The average molecular weight is 300 g/mol. The van der Waals surface area contributed by atoms with Crippen LogP contribution in [0.4, 0.5) is 4.79 Å². The van der Waals surface area contributed by atoms with Crippen LogP contribution in [0, 0.1) is 5.92 Å². The molecule has 0 spiro atoms. The smallest absolute Gasteiger partial charge is 0.317 e. The van der Waals surface area contributed by atoms with Gasteiger partial charge >= 0.3 is 12.0 Å². The van der Waals surface area contributed by atoms with Gasteiger partial charge in [0.25, 0.3) is 0 Å². The minimum atomic E-state index is -0.777. The van der Waals surface area contributed by atoms with Crippen molar-refractivity contribution >= 4 is 12.0 Å². The number of hydrogen-bond donors (Lipinski definition) is 2. The fraction of sp³-hybridized carbons (Fsp3) is 0.857. The SMILES string of the molecule is COC1(CNC(=O)N2CCC(CCC(=O)O)C2)CCOC1. The van der Waals surface area contributed by atoms with E-state index in [0.29, 0.717) is 39.3 Å². The van der Waals surface area contributed by atoms with Gasteiger partial charge in [-0.2, -0.15) is 0 Å². The third-order valence-corrected chi connectivity index (χ3v) is 4.40. The Morgan fingerprint density at radius 3 is 2.95 bits per heavy atom. The number of methoxy groups -OCH3 is 1. The molecule has 2 N–H and O–H groups in total. The molecular formula is C14H24N2O5. The van der Waals surface area contributed by atoms with Crippen LogP contribution >= 0.6 is 0 Å². The van der Waals surface area contributed by atoms with Crippen molar-refractivity contribution in [3.8, 4) is 0 Å². The van der Waals surface area contributed by atoms with Gasteiger partial charge < -0.3 is 24.8 Å². The molecule has 0 bridgehead atoms. The van der Waals surface area contributed by atoms with E-state index in [1.165, 1.54) is 0 Å². The van der Waals surface area contributed by atoms with Crippen LogP contribution in [-0.4, -0.2) is 67.6 Å². The van der Waals surface area contributed by atoms with Crippen LogP contribution in [0.25, 0.3) is 0 Å². The fourth-order valence-corrected chi connectivity index (χ4v) is 2.89. The minimum Gasteiger partial charge on any atom is -0.481 e. The molecule has 2 unspecified atom stereocenters. The van der Waals surface area contributed by atoms with Gasteiger partial charge in [0.1, 0.15) is 5.60 Å². The molecule has 2 aliphatic rings. The van der Waals surface area contributed by atoms with E-state index in [2.05, 4.69) is 5.32 Å². The number of carbonyl (C=O) groups is 2. The van der Waals surface area contributed by atoms with Crippen molar-refractivity contribution in [2.24, 2.45) is 5.92 Å². The van der Waals surface area contributed by atoms with Crippen molar-refractivity contribution in [3.05, 3.63) is 0 Å². The fourth-order valence-electron chi connectivity index (χ4n) is 2.89. The molecule has 21 heavy (non-hydrogen) atoms. The second kappa shape index (κ2) is 7.09. The number of aliphatic carboxylic acids is 1. The number of urea groups is 1. The third-order valence-electron chi connectivity index (χ3n) is 4.40. The number of likely N-dealkylation sites (tertiary alicyclic amines) is 1. The summed E-state index contributed by atoms with van der Waals surface area (Å²) in [7, 11) is 1.64.